The minimum absolute atomic E-state index is 0.198. The first-order valence-corrected chi connectivity index (χ1v) is 7.58. The third-order valence-corrected chi connectivity index (χ3v) is 3.82. The van der Waals surface area contributed by atoms with E-state index in [1.54, 1.807) is 12.1 Å². The fourth-order valence-electron chi connectivity index (χ4n) is 2.50. The number of anilines is 1. The number of fused-ring (bicyclic) bond motifs is 1. The van der Waals surface area contributed by atoms with Crippen molar-refractivity contribution in [3.05, 3.63) is 53.1 Å². The average Bonchev–Trinajstić information content (AvgIpc) is 3.03. The highest BCUT2D eigenvalue weighted by Crippen LogP contribution is 2.32. The number of para-hydroxylation sites is 1. The molecule has 0 aromatic heterocycles. The lowest BCUT2D eigenvalue weighted by molar-refractivity contribution is -0.136. The topological polar surface area (TPSA) is 76.7 Å². The van der Waals surface area contributed by atoms with Gasteiger partial charge in [0.1, 0.15) is 0 Å². The van der Waals surface area contributed by atoms with Crippen LogP contribution in [0.25, 0.3) is 0 Å². The molecule has 2 amide bonds. The fourth-order valence-corrected chi connectivity index (χ4v) is 2.50. The number of carbonyl (C=O) groups excluding carboxylic acids is 2. The van der Waals surface area contributed by atoms with E-state index in [1.165, 1.54) is 0 Å². The monoisotopic (exact) mass is 326 g/mol. The van der Waals surface area contributed by atoms with E-state index in [2.05, 4.69) is 10.6 Å². The summed E-state index contributed by atoms with van der Waals surface area (Å²) in [7, 11) is 0. The first-order valence-electron chi connectivity index (χ1n) is 7.58. The average molecular weight is 326 g/mol. The zero-order chi connectivity index (χ0) is 17.1. The van der Waals surface area contributed by atoms with Crippen molar-refractivity contribution in [1.29, 1.82) is 0 Å². The molecule has 6 nitrogen and oxygen atoms in total. The van der Waals surface area contributed by atoms with Gasteiger partial charge in [-0.1, -0.05) is 24.3 Å². The predicted molar refractivity (Wildman–Crippen MR) is 89.0 cm³/mol. The second-order valence-corrected chi connectivity index (χ2v) is 5.59. The summed E-state index contributed by atoms with van der Waals surface area (Å²) in [4.78, 5) is 24.1. The van der Waals surface area contributed by atoms with Crippen LogP contribution in [0.2, 0.25) is 0 Å². The molecule has 0 fully saturated rings. The molecule has 2 N–H and O–H groups in total. The van der Waals surface area contributed by atoms with Crippen LogP contribution in [-0.2, 0) is 16.1 Å². The Kier molecular flexibility index (Phi) is 4.37. The van der Waals surface area contributed by atoms with Crippen molar-refractivity contribution < 1.29 is 19.1 Å². The number of nitrogens with one attached hydrogen (secondary N) is 2. The van der Waals surface area contributed by atoms with Crippen molar-refractivity contribution in [2.45, 2.75) is 20.4 Å². The molecule has 1 aliphatic heterocycles. The Morgan fingerprint density at radius 3 is 2.46 bits per heavy atom. The van der Waals surface area contributed by atoms with Crippen molar-refractivity contribution in [3.63, 3.8) is 0 Å². The quantitative estimate of drug-likeness (QED) is 0.849. The van der Waals surface area contributed by atoms with Crippen LogP contribution >= 0.6 is 0 Å². The highest BCUT2D eigenvalue weighted by Gasteiger charge is 2.17. The lowest BCUT2D eigenvalue weighted by atomic mass is 10.1. The molecule has 1 aliphatic rings. The summed E-state index contributed by atoms with van der Waals surface area (Å²) in [6, 6.07) is 11.0. The van der Waals surface area contributed by atoms with E-state index in [0.29, 0.717) is 17.2 Å². The third-order valence-electron chi connectivity index (χ3n) is 3.82. The molecular formula is C18H18N2O4. The summed E-state index contributed by atoms with van der Waals surface area (Å²) in [5, 5.41) is 5.26. The Labute approximate surface area is 139 Å². The van der Waals surface area contributed by atoms with Gasteiger partial charge in [0.05, 0.1) is 0 Å². The maximum atomic E-state index is 12.1. The van der Waals surface area contributed by atoms with E-state index in [1.807, 2.05) is 38.1 Å². The number of aryl methyl sites for hydroxylation is 2. The maximum absolute atomic E-state index is 12.1. The molecule has 3 rings (SSSR count). The minimum atomic E-state index is -0.687. The van der Waals surface area contributed by atoms with Crippen LogP contribution in [0, 0.1) is 13.8 Å². The maximum Gasteiger partial charge on any atom is 0.313 e. The number of benzene rings is 2. The first-order chi connectivity index (χ1) is 11.5. The van der Waals surface area contributed by atoms with Gasteiger partial charge in [0.15, 0.2) is 11.5 Å². The number of hydrogen-bond donors (Lipinski definition) is 2. The minimum Gasteiger partial charge on any atom is -0.454 e. The van der Waals surface area contributed by atoms with Gasteiger partial charge in [-0.25, -0.2) is 0 Å². The smallest absolute Gasteiger partial charge is 0.313 e. The second-order valence-electron chi connectivity index (χ2n) is 5.59. The summed E-state index contributed by atoms with van der Waals surface area (Å²) < 4.78 is 10.5. The van der Waals surface area contributed by atoms with Gasteiger partial charge in [0, 0.05) is 12.2 Å². The lowest BCUT2D eigenvalue weighted by Crippen LogP contribution is -2.35. The Morgan fingerprint density at radius 1 is 1.00 bits per heavy atom. The Bertz CT molecular complexity index is 781. The van der Waals surface area contributed by atoms with Crippen LogP contribution in [0.4, 0.5) is 5.69 Å². The van der Waals surface area contributed by atoms with Crippen LogP contribution in [0.5, 0.6) is 11.5 Å². The Morgan fingerprint density at radius 2 is 1.71 bits per heavy atom. The van der Waals surface area contributed by atoms with Gasteiger partial charge in [0.2, 0.25) is 6.79 Å². The standard InChI is InChI=1S/C18H18N2O4/c1-11-4-3-5-12(2)16(11)20-18(22)17(21)19-9-13-6-7-14-15(8-13)24-10-23-14/h3-8H,9-10H2,1-2H3,(H,19,21)(H,20,22). The van der Waals surface area contributed by atoms with E-state index < -0.39 is 11.8 Å². The van der Waals surface area contributed by atoms with Crippen molar-refractivity contribution in [2.75, 3.05) is 12.1 Å². The third kappa shape index (κ3) is 3.32. The normalized spacial score (nSPS) is 11.9. The second kappa shape index (κ2) is 6.62. The molecule has 2 aromatic rings. The molecule has 0 bridgehead atoms. The van der Waals surface area contributed by atoms with Gasteiger partial charge < -0.3 is 20.1 Å². The van der Waals surface area contributed by atoms with Crippen molar-refractivity contribution >= 4 is 17.5 Å². The van der Waals surface area contributed by atoms with Crippen molar-refractivity contribution in [2.24, 2.45) is 0 Å². The summed E-state index contributed by atoms with van der Waals surface area (Å²) in [6.07, 6.45) is 0. The molecular weight excluding hydrogens is 308 g/mol. The SMILES string of the molecule is Cc1cccc(C)c1NC(=O)C(=O)NCc1ccc2c(c1)OCO2. The molecule has 0 saturated carbocycles. The largest absolute Gasteiger partial charge is 0.454 e. The van der Waals surface area contributed by atoms with Gasteiger partial charge in [-0.3, -0.25) is 9.59 Å². The van der Waals surface area contributed by atoms with Crippen LogP contribution in [0.3, 0.4) is 0 Å². The van der Waals surface area contributed by atoms with E-state index >= 15 is 0 Å². The van der Waals surface area contributed by atoms with Crippen molar-refractivity contribution in [3.8, 4) is 11.5 Å². The highest BCUT2D eigenvalue weighted by molar-refractivity contribution is 6.39. The molecule has 2 aromatic carbocycles. The summed E-state index contributed by atoms with van der Waals surface area (Å²) in [5.74, 6) is -0.0527. The molecule has 24 heavy (non-hydrogen) atoms. The molecule has 1 heterocycles. The van der Waals surface area contributed by atoms with E-state index in [4.69, 9.17) is 9.47 Å². The molecule has 0 spiro atoms. The van der Waals surface area contributed by atoms with Gasteiger partial charge in [0.25, 0.3) is 0 Å². The predicted octanol–water partition coefficient (Wildman–Crippen LogP) is 2.29. The van der Waals surface area contributed by atoms with Crippen molar-refractivity contribution in [1.82, 2.24) is 5.32 Å². The molecule has 124 valence electrons. The summed E-state index contributed by atoms with van der Waals surface area (Å²) in [5.41, 5.74) is 3.31. The van der Waals surface area contributed by atoms with Crippen LogP contribution in [0.1, 0.15) is 16.7 Å². The van der Waals surface area contributed by atoms with Crippen LogP contribution in [0.15, 0.2) is 36.4 Å². The molecule has 6 heteroatoms. The molecule has 0 aliphatic carbocycles. The lowest BCUT2D eigenvalue weighted by Gasteiger charge is -2.11. The summed E-state index contributed by atoms with van der Waals surface area (Å²) >= 11 is 0. The zero-order valence-electron chi connectivity index (χ0n) is 13.5. The first kappa shape index (κ1) is 15.9. The van der Waals surface area contributed by atoms with E-state index in [9.17, 15) is 9.59 Å². The van der Waals surface area contributed by atoms with Crippen LogP contribution in [-0.4, -0.2) is 18.6 Å². The number of ether oxygens (including phenoxy) is 2. The number of amides is 2. The van der Waals surface area contributed by atoms with Crippen LogP contribution < -0.4 is 20.1 Å². The molecule has 0 radical (unpaired) electrons. The Hall–Kier alpha value is -3.02. The number of rotatable bonds is 3. The number of hydrogen-bond acceptors (Lipinski definition) is 4. The fraction of sp³-hybridized carbons (Fsp3) is 0.222. The molecule has 0 unspecified atom stereocenters. The Balaban J connectivity index is 1.59. The zero-order valence-corrected chi connectivity index (χ0v) is 13.5. The summed E-state index contributed by atoms with van der Waals surface area (Å²) in [6.45, 7) is 4.19. The van der Waals surface area contributed by atoms with Gasteiger partial charge in [-0.05, 0) is 42.7 Å². The molecule has 0 atom stereocenters. The molecule has 0 saturated heterocycles. The highest BCUT2D eigenvalue weighted by atomic mass is 16.7. The van der Waals surface area contributed by atoms with Gasteiger partial charge >= 0.3 is 11.8 Å². The van der Waals surface area contributed by atoms with E-state index in [-0.39, 0.29) is 13.3 Å². The van der Waals surface area contributed by atoms with Gasteiger partial charge in [-0.2, -0.15) is 0 Å². The van der Waals surface area contributed by atoms with E-state index in [0.717, 1.165) is 16.7 Å². The van der Waals surface area contributed by atoms with Gasteiger partial charge in [-0.15, -0.1) is 0 Å². The number of carbonyl (C=O) groups is 2.